The Labute approximate surface area is 104 Å². The Morgan fingerprint density at radius 3 is 2.94 bits per heavy atom. The lowest BCUT2D eigenvalue weighted by Crippen LogP contribution is -2.00. The van der Waals surface area contributed by atoms with Crippen molar-refractivity contribution in [1.82, 2.24) is 20.2 Å². The molecule has 6 heteroatoms. The lowest BCUT2D eigenvalue weighted by molar-refractivity contribution is 0.640. The molecule has 2 aromatic heterocycles. The molecule has 5 nitrogen and oxygen atoms in total. The number of aromatic nitrogens is 4. The fraction of sp³-hybridized carbons (Fsp3) is 0.455. The highest BCUT2D eigenvalue weighted by Gasteiger charge is 2.05. The highest BCUT2D eigenvalue weighted by Crippen LogP contribution is 2.18. The average Bonchev–Trinajstić information content (AvgIpc) is 2.75. The van der Waals surface area contributed by atoms with Crippen molar-refractivity contribution in [1.29, 1.82) is 0 Å². The molecular formula is C11H15N5S. The van der Waals surface area contributed by atoms with Gasteiger partial charge in [-0.15, -0.1) is 10.2 Å². The normalized spacial score (nSPS) is 10.8. The third kappa shape index (κ3) is 3.74. The van der Waals surface area contributed by atoms with Crippen LogP contribution in [0.4, 0.5) is 5.13 Å². The minimum atomic E-state index is 0.609. The van der Waals surface area contributed by atoms with Crippen molar-refractivity contribution >= 4 is 16.5 Å². The maximum absolute atomic E-state index is 4.14. The minimum absolute atomic E-state index is 0.609. The van der Waals surface area contributed by atoms with Gasteiger partial charge < -0.3 is 5.32 Å². The average molecular weight is 249 g/mol. The number of nitrogens with one attached hydrogen (secondary N) is 1. The first-order valence-electron chi connectivity index (χ1n) is 5.55. The summed E-state index contributed by atoms with van der Waals surface area (Å²) in [7, 11) is 0. The summed E-state index contributed by atoms with van der Waals surface area (Å²) in [6, 6.07) is 1.88. The van der Waals surface area contributed by atoms with Gasteiger partial charge in [-0.1, -0.05) is 25.2 Å². The SMILES string of the molecule is CC(C)Cc1nnc(NCc2ccncn2)s1. The molecule has 0 aliphatic rings. The molecule has 1 N–H and O–H groups in total. The van der Waals surface area contributed by atoms with Crippen LogP contribution in [0.5, 0.6) is 0 Å². The van der Waals surface area contributed by atoms with E-state index in [-0.39, 0.29) is 0 Å². The summed E-state index contributed by atoms with van der Waals surface area (Å²) >= 11 is 1.60. The van der Waals surface area contributed by atoms with Crippen molar-refractivity contribution in [3.05, 3.63) is 29.3 Å². The van der Waals surface area contributed by atoms with E-state index in [1.807, 2.05) is 6.07 Å². The quantitative estimate of drug-likeness (QED) is 0.879. The van der Waals surface area contributed by atoms with E-state index >= 15 is 0 Å². The fourth-order valence-corrected chi connectivity index (χ4v) is 2.29. The van der Waals surface area contributed by atoms with Crippen molar-refractivity contribution in [2.75, 3.05) is 5.32 Å². The smallest absolute Gasteiger partial charge is 0.205 e. The van der Waals surface area contributed by atoms with Gasteiger partial charge in [0.1, 0.15) is 11.3 Å². The monoisotopic (exact) mass is 249 g/mol. The number of hydrogen-bond acceptors (Lipinski definition) is 6. The van der Waals surface area contributed by atoms with Gasteiger partial charge in [0, 0.05) is 12.6 Å². The predicted molar refractivity (Wildman–Crippen MR) is 67.8 cm³/mol. The first kappa shape index (κ1) is 11.9. The first-order valence-corrected chi connectivity index (χ1v) is 6.37. The third-order valence-electron chi connectivity index (χ3n) is 2.11. The lowest BCUT2D eigenvalue weighted by Gasteiger charge is -2.00. The van der Waals surface area contributed by atoms with E-state index in [4.69, 9.17) is 0 Å². The van der Waals surface area contributed by atoms with Crippen LogP contribution in [0.15, 0.2) is 18.6 Å². The molecule has 0 saturated carbocycles. The van der Waals surface area contributed by atoms with Crippen LogP contribution in [0.1, 0.15) is 24.5 Å². The number of nitrogens with zero attached hydrogens (tertiary/aromatic N) is 4. The number of hydrogen-bond donors (Lipinski definition) is 1. The Morgan fingerprint density at radius 1 is 1.35 bits per heavy atom. The van der Waals surface area contributed by atoms with E-state index in [1.54, 1.807) is 23.9 Å². The molecule has 90 valence electrons. The predicted octanol–water partition coefficient (Wildman–Crippen LogP) is 2.14. The highest BCUT2D eigenvalue weighted by atomic mass is 32.1. The summed E-state index contributed by atoms with van der Waals surface area (Å²) in [5, 5.41) is 13.4. The van der Waals surface area contributed by atoms with Crippen LogP contribution in [0.25, 0.3) is 0 Å². The molecule has 0 unspecified atom stereocenters. The van der Waals surface area contributed by atoms with Gasteiger partial charge in [0.25, 0.3) is 0 Å². The van der Waals surface area contributed by atoms with Gasteiger partial charge in [-0.25, -0.2) is 9.97 Å². The van der Waals surface area contributed by atoms with Gasteiger partial charge >= 0.3 is 0 Å². The van der Waals surface area contributed by atoms with Crippen molar-refractivity contribution in [3.8, 4) is 0 Å². The zero-order valence-electron chi connectivity index (χ0n) is 9.92. The van der Waals surface area contributed by atoms with Crippen LogP contribution in [0.2, 0.25) is 0 Å². The Balaban J connectivity index is 1.89. The zero-order valence-corrected chi connectivity index (χ0v) is 10.7. The molecule has 0 atom stereocenters. The number of rotatable bonds is 5. The maximum atomic E-state index is 4.14. The number of anilines is 1. The summed E-state index contributed by atoms with van der Waals surface area (Å²) in [5.41, 5.74) is 0.945. The second-order valence-corrected chi connectivity index (χ2v) is 5.22. The summed E-state index contributed by atoms with van der Waals surface area (Å²) in [5.74, 6) is 0.609. The van der Waals surface area contributed by atoms with Gasteiger partial charge in [-0.05, 0) is 12.0 Å². The molecule has 2 aromatic rings. The van der Waals surface area contributed by atoms with Gasteiger partial charge in [-0.3, -0.25) is 0 Å². The topological polar surface area (TPSA) is 63.6 Å². The van der Waals surface area contributed by atoms with Crippen molar-refractivity contribution in [3.63, 3.8) is 0 Å². The van der Waals surface area contributed by atoms with Crippen molar-refractivity contribution in [2.45, 2.75) is 26.8 Å². The molecule has 2 rings (SSSR count). The van der Waals surface area contributed by atoms with Gasteiger partial charge in [0.2, 0.25) is 5.13 Å². The molecule has 0 saturated heterocycles. The van der Waals surface area contributed by atoms with Crippen LogP contribution < -0.4 is 5.32 Å². The Morgan fingerprint density at radius 2 is 2.24 bits per heavy atom. The summed E-state index contributed by atoms with van der Waals surface area (Å²) < 4.78 is 0. The van der Waals surface area contributed by atoms with E-state index in [0.717, 1.165) is 22.3 Å². The Hall–Kier alpha value is -1.56. The van der Waals surface area contributed by atoms with E-state index in [9.17, 15) is 0 Å². The van der Waals surface area contributed by atoms with Gasteiger partial charge in [-0.2, -0.15) is 0 Å². The van der Waals surface area contributed by atoms with Crippen LogP contribution in [-0.2, 0) is 13.0 Å². The molecule has 2 heterocycles. The van der Waals surface area contributed by atoms with Crippen LogP contribution in [0.3, 0.4) is 0 Å². The molecule has 0 fully saturated rings. The minimum Gasteiger partial charge on any atom is -0.354 e. The molecule has 0 radical (unpaired) electrons. The van der Waals surface area contributed by atoms with E-state index in [0.29, 0.717) is 12.5 Å². The molecule has 0 spiro atoms. The van der Waals surface area contributed by atoms with Gasteiger partial charge in [0.15, 0.2) is 0 Å². The maximum Gasteiger partial charge on any atom is 0.205 e. The zero-order chi connectivity index (χ0) is 12.1. The standard InChI is InChI=1S/C11H15N5S/c1-8(2)5-10-15-16-11(17-10)13-6-9-3-4-12-7-14-9/h3-4,7-8H,5-6H2,1-2H3,(H,13,16). The molecular weight excluding hydrogens is 234 g/mol. The highest BCUT2D eigenvalue weighted by molar-refractivity contribution is 7.15. The molecule has 0 aromatic carbocycles. The van der Waals surface area contributed by atoms with Crippen LogP contribution in [-0.4, -0.2) is 20.2 Å². The molecule has 17 heavy (non-hydrogen) atoms. The Bertz CT molecular complexity index is 454. The van der Waals surface area contributed by atoms with E-state index in [2.05, 4.69) is 39.3 Å². The van der Waals surface area contributed by atoms with Crippen molar-refractivity contribution in [2.24, 2.45) is 5.92 Å². The second-order valence-electron chi connectivity index (χ2n) is 4.15. The lowest BCUT2D eigenvalue weighted by atomic mass is 10.1. The summed E-state index contributed by atoms with van der Waals surface area (Å²) in [6.45, 7) is 5.00. The van der Waals surface area contributed by atoms with Crippen molar-refractivity contribution < 1.29 is 0 Å². The summed E-state index contributed by atoms with van der Waals surface area (Å²) in [4.78, 5) is 8.00. The molecule has 0 bridgehead atoms. The van der Waals surface area contributed by atoms with Crippen LogP contribution in [0, 0.1) is 5.92 Å². The molecule has 0 amide bonds. The molecule has 0 aliphatic heterocycles. The Kier molecular flexibility index (Phi) is 3.98. The van der Waals surface area contributed by atoms with Gasteiger partial charge in [0.05, 0.1) is 12.2 Å². The van der Waals surface area contributed by atoms with Crippen LogP contribution >= 0.6 is 11.3 Å². The second kappa shape index (κ2) is 5.67. The largest absolute Gasteiger partial charge is 0.354 e. The first-order chi connectivity index (χ1) is 8.24. The third-order valence-corrected chi connectivity index (χ3v) is 3.02. The van der Waals surface area contributed by atoms with E-state index in [1.165, 1.54) is 0 Å². The van der Waals surface area contributed by atoms with E-state index < -0.39 is 0 Å². The summed E-state index contributed by atoms with van der Waals surface area (Å²) in [6.07, 6.45) is 4.25. The molecule has 0 aliphatic carbocycles. The fourth-order valence-electron chi connectivity index (χ4n) is 1.35.